The average Bonchev–Trinajstić information content (AvgIpc) is 1.85. The molecule has 2 unspecified atom stereocenters. The molecule has 0 bridgehead atoms. The van der Waals surface area contributed by atoms with Gasteiger partial charge in [0.05, 0.1) is 0 Å². The van der Waals surface area contributed by atoms with Gasteiger partial charge in [-0.2, -0.15) is 0 Å². The van der Waals surface area contributed by atoms with Gasteiger partial charge in [0.2, 0.25) is 0 Å². The molecule has 1 aromatic rings. The predicted molar refractivity (Wildman–Crippen MR) is 55.1 cm³/mol. The third-order valence-corrected chi connectivity index (χ3v) is 3.32. The van der Waals surface area contributed by atoms with Crippen molar-refractivity contribution in [3.63, 3.8) is 0 Å². The van der Waals surface area contributed by atoms with E-state index in [1.165, 1.54) is 21.3 Å². The van der Waals surface area contributed by atoms with E-state index in [4.69, 9.17) is 12.2 Å². The van der Waals surface area contributed by atoms with E-state index in [1.54, 1.807) is 16.9 Å². The molecule has 2 nitrogen and oxygen atoms in total. The Labute approximate surface area is 88.4 Å². The van der Waals surface area contributed by atoms with E-state index in [-0.39, 0.29) is 0 Å². The average molecular weight is 292 g/mol. The molecule has 2 atom stereocenters. The van der Waals surface area contributed by atoms with Crippen molar-refractivity contribution in [3.8, 4) is 0 Å². The normalized spacial score (nSPS) is 10.1. The van der Waals surface area contributed by atoms with Gasteiger partial charge in [-0.3, -0.25) is 0 Å². The summed E-state index contributed by atoms with van der Waals surface area (Å²) in [4.78, 5) is 4.22. The van der Waals surface area contributed by atoms with Crippen LogP contribution in [0.15, 0.2) is 6.07 Å². The Balaban J connectivity index is 3.37. The van der Waals surface area contributed by atoms with Crippen LogP contribution in [-0.4, -0.2) is 43.3 Å². The van der Waals surface area contributed by atoms with Crippen molar-refractivity contribution in [3.05, 3.63) is 10.8 Å². The zero-order chi connectivity index (χ0) is 8.43. The third kappa shape index (κ3) is 2.18. The molecule has 0 fully saturated rings. The molecule has 60 valence electrons. The van der Waals surface area contributed by atoms with Crippen LogP contribution in [-0.2, 0) is 6.54 Å². The summed E-state index contributed by atoms with van der Waals surface area (Å²) >= 11 is 8.23. The molecule has 0 aliphatic heterocycles. The molecule has 0 spiro atoms. The van der Waals surface area contributed by atoms with Gasteiger partial charge in [-0.1, -0.05) is 0 Å². The van der Waals surface area contributed by atoms with Gasteiger partial charge in [0.25, 0.3) is 0 Å². The topological polar surface area (TPSA) is 17.8 Å². The van der Waals surface area contributed by atoms with E-state index in [2.05, 4.69) is 22.5 Å². The number of hydrogen-bond donors (Lipinski definition) is 0. The van der Waals surface area contributed by atoms with E-state index in [0.29, 0.717) is 4.77 Å². The van der Waals surface area contributed by atoms with Crippen molar-refractivity contribution in [1.29, 1.82) is 0 Å². The molecule has 0 saturated heterocycles. The van der Waals surface area contributed by atoms with E-state index >= 15 is 0 Å². The van der Waals surface area contributed by atoms with Crippen molar-refractivity contribution in [2.45, 2.75) is 13.5 Å². The van der Waals surface area contributed by atoms with Crippen LogP contribution in [0.4, 0.5) is 0 Å². The Morgan fingerprint density at radius 1 is 1.64 bits per heavy atom. The molecule has 11 heavy (non-hydrogen) atoms. The standard InChI is InChI=1S/C6H10As2N2S/c1-2-10-5(8)3-4(7)9-6(10)11/h3H,2,7-8H2,1H3. The summed E-state index contributed by atoms with van der Waals surface area (Å²) in [5, 5.41) is 0. The molecule has 1 heterocycles. The second-order valence-electron chi connectivity index (χ2n) is 2.13. The summed E-state index contributed by atoms with van der Waals surface area (Å²) in [5.41, 5.74) is 0. The summed E-state index contributed by atoms with van der Waals surface area (Å²) < 4.78 is 5.11. The van der Waals surface area contributed by atoms with Crippen LogP contribution in [0.1, 0.15) is 6.92 Å². The van der Waals surface area contributed by atoms with Gasteiger partial charge in [-0.05, 0) is 0 Å². The van der Waals surface area contributed by atoms with Crippen LogP contribution in [0.2, 0.25) is 0 Å². The zero-order valence-corrected chi connectivity index (χ0v) is 11.9. The molecular weight excluding hydrogens is 282 g/mol. The Hall–Kier alpha value is 0.417. The van der Waals surface area contributed by atoms with Crippen LogP contribution in [0, 0.1) is 4.77 Å². The molecule has 0 aliphatic carbocycles. The molecule has 0 aromatic carbocycles. The number of hydrogen-bond acceptors (Lipinski definition) is 2. The summed E-state index contributed by atoms with van der Waals surface area (Å²) in [6, 6.07) is 2.10. The monoisotopic (exact) mass is 292 g/mol. The molecule has 0 aliphatic rings. The van der Waals surface area contributed by atoms with Crippen molar-refractivity contribution >= 4 is 54.9 Å². The minimum atomic E-state index is 0.716. The Morgan fingerprint density at radius 3 is 2.73 bits per heavy atom. The quantitative estimate of drug-likeness (QED) is 0.447. The first-order valence-electron chi connectivity index (χ1n) is 3.28. The molecule has 1 aromatic heterocycles. The second kappa shape index (κ2) is 3.89. The maximum absolute atomic E-state index is 5.10. The summed E-state index contributed by atoms with van der Waals surface area (Å²) in [6.07, 6.45) is 0. The number of aromatic nitrogens is 2. The van der Waals surface area contributed by atoms with Gasteiger partial charge in [-0.15, -0.1) is 0 Å². The maximum atomic E-state index is 5.10. The summed E-state index contributed by atoms with van der Waals surface area (Å²) in [5.74, 6) is 0. The van der Waals surface area contributed by atoms with Crippen molar-refractivity contribution in [2.24, 2.45) is 0 Å². The first-order valence-corrected chi connectivity index (χ1v) is 6.11. The Kier molecular flexibility index (Phi) is 3.36. The summed E-state index contributed by atoms with van der Waals surface area (Å²) in [7, 11) is 0. The van der Waals surface area contributed by atoms with E-state index in [1.807, 2.05) is 0 Å². The van der Waals surface area contributed by atoms with Crippen molar-refractivity contribution < 1.29 is 0 Å². The molecule has 0 amide bonds. The third-order valence-electron chi connectivity index (χ3n) is 1.38. The first kappa shape index (κ1) is 9.50. The molecule has 0 N–H and O–H groups in total. The fourth-order valence-electron chi connectivity index (χ4n) is 0.861. The Bertz CT molecular complexity index is 321. The SMILES string of the molecule is CCn1c([AsH2])cc([AsH2])nc1=S. The van der Waals surface area contributed by atoms with Crippen molar-refractivity contribution in [1.82, 2.24) is 9.55 Å². The van der Waals surface area contributed by atoms with Crippen molar-refractivity contribution in [2.75, 3.05) is 0 Å². The minimum absolute atomic E-state index is 0.716. The van der Waals surface area contributed by atoms with Gasteiger partial charge in [0, 0.05) is 0 Å². The van der Waals surface area contributed by atoms with Crippen LogP contribution < -0.4 is 8.96 Å². The summed E-state index contributed by atoms with van der Waals surface area (Å²) in [6.45, 7) is 3.01. The van der Waals surface area contributed by atoms with E-state index < -0.39 is 0 Å². The Morgan fingerprint density at radius 2 is 2.27 bits per heavy atom. The molecule has 1 rings (SSSR count). The van der Waals surface area contributed by atoms with Crippen LogP contribution >= 0.6 is 12.2 Å². The van der Waals surface area contributed by atoms with Crippen LogP contribution in [0.3, 0.4) is 0 Å². The molecule has 5 heteroatoms. The van der Waals surface area contributed by atoms with Gasteiger partial charge >= 0.3 is 88.7 Å². The van der Waals surface area contributed by atoms with Gasteiger partial charge in [-0.25, -0.2) is 0 Å². The molecular formula is C6H10As2N2S. The fourth-order valence-corrected chi connectivity index (χ4v) is 4.05. The van der Waals surface area contributed by atoms with Gasteiger partial charge in [0.1, 0.15) is 0 Å². The zero-order valence-electron chi connectivity index (χ0n) is 6.24. The van der Waals surface area contributed by atoms with Gasteiger partial charge in [0.15, 0.2) is 0 Å². The van der Waals surface area contributed by atoms with Crippen LogP contribution in [0.5, 0.6) is 0 Å². The van der Waals surface area contributed by atoms with E-state index in [9.17, 15) is 0 Å². The van der Waals surface area contributed by atoms with Crippen LogP contribution in [0.25, 0.3) is 0 Å². The fraction of sp³-hybridized carbons (Fsp3) is 0.333. The number of nitrogens with zero attached hydrogens (tertiary/aromatic N) is 2. The van der Waals surface area contributed by atoms with E-state index in [0.717, 1.165) is 11.0 Å². The molecule has 0 saturated carbocycles. The predicted octanol–water partition coefficient (Wildman–Crippen LogP) is -1.85. The van der Waals surface area contributed by atoms with Gasteiger partial charge < -0.3 is 0 Å². The number of rotatable bonds is 1. The molecule has 0 radical (unpaired) electrons. The first-order chi connectivity index (χ1) is 5.15. The second-order valence-corrected chi connectivity index (χ2v) is 4.98.